The van der Waals surface area contributed by atoms with Crippen molar-refractivity contribution >= 4 is 94.7 Å². The van der Waals surface area contributed by atoms with Crippen molar-refractivity contribution < 1.29 is 52.0 Å². The predicted molar refractivity (Wildman–Crippen MR) is 213 cm³/mol. The Kier molecular flexibility index (Phi) is 10.7. The molecule has 0 radical (unpaired) electrons. The lowest BCUT2D eigenvalue weighted by Crippen LogP contribution is -2.40. The van der Waals surface area contributed by atoms with Gasteiger partial charge >= 0.3 is 18.7 Å². The fourth-order valence-electron chi connectivity index (χ4n) is 7.45. The van der Waals surface area contributed by atoms with E-state index >= 15 is 0 Å². The zero-order chi connectivity index (χ0) is 42.2. The van der Waals surface area contributed by atoms with Crippen molar-refractivity contribution in [1.29, 1.82) is 0 Å². The van der Waals surface area contributed by atoms with Gasteiger partial charge in [-0.25, -0.2) is 19.6 Å². The molecule has 5 N–H and O–H groups in total. The number of rotatable bonds is 6. The summed E-state index contributed by atoms with van der Waals surface area (Å²) in [6.07, 6.45) is -5.23. The number of imidazole rings is 2. The van der Waals surface area contributed by atoms with Gasteiger partial charge in [0, 0.05) is 5.92 Å². The molecule has 26 heteroatoms. The van der Waals surface area contributed by atoms with E-state index in [1.165, 1.54) is 29.4 Å². The summed E-state index contributed by atoms with van der Waals surface area (Å²) in [6, 6.07) is 7.61. The van der Waals surface area contributed by atoms with Crippen LogP contribution in [0.25, 0.3) is 22.3 Å². The van der Waals surface area contributed by atoms with Gasteiger partial charge in [-0.1, -0.05) is 32.0 Å². The standard InChI is InChI=1S/C34H34ClN10O12PS2/c1-12(2)27(46)42-34-41-26-18(28(47)43-34)38-11-45(26)29-23(56-30(48)13-6-4-3-5-7-13)21-14(54-29)8-51-32(59)31(49)55-20-15(9-52-58(50,60)57-21)53-22-16(20)19(22)44-10-37-17-24(36)39-33(35)40-25(17)44/h3-7,10-12,14-16,19-23,29,32,59H,8-9H2,1-2H3,(H,50,60)(H2,36,39,40)(H2,41,42,43,46,47)/t14-,15-,16?,19+,20?,21?,22?,23?,29-,32?,58?/m1/s1. The number of carbonyl (C=O) groups excluding carboxylic acids is 3. The summed E-state index contributed by atoms with van der Waals surface area (Å²) in [4.78, 5) is 88.1. The number of aromatic amines is 1. The molecular weight excluding hydrogens is 871 g/mol. The number of hydrogen-bond acceptors (Lipinski definition) is 19. The fraction of sp³-hybridized carbons (Fsp3) is 0.441. The number of halogens is 1. The van der Waals surface area contributed by atoms with Crippen LogP contribution >= 0.6 is 30.9 Å². The number of thiol groups is 1. The number of nitrogens with zero attached hydrogens (tertiary/aromatic N) is 7. The summed E-state index contributed by atoms with van der Waals surface area (Å²) in [5, 5.41) is 2.47. The third-order valence-corrected chi connectivity index (χ3v) is 12.4. The summed E-state index contributed by atoms with van der Waals surface area (Å²) in [7, 11) is 0. The van der Waals surface area contributed by atoms with E-state index in [2.05, 4.69) is 47.8 Å². The van der Waals surface area contributed by atoms with E-state index in [0.717, 1.165) is 0 Å². The highest BCUT2D eigenvalue weighted by Gasteiger charge is 2.67. The lowest BCUT2D eigenvalue weighted by molar-refractivity contribution is -0.165. The van der Waals surface area contributed by atoms with Crippen LogP contribution in [0.15, 0.2) is 47.8 Å². The van der Waals surface area contributed by atoms with Gasteiger partial charge in [0.25, 0.3) is 5.56 Å². The molecule has 4 fully saturated rings. The quantitative estimate of drug-likeness (QED) is 0.0701. The number of nitrogen functional groups attached to an aromatic ring is 1. The van der Waals surface area contributed by atoms with Crippen LogP contribution in [0.2, 0.25) is 5.28 Å². The normalized spacial score (nSPS) is 31.7. The maximum absolute atomic E-state index is 13.7. The first kappa shape index (κ1) is 40.8. The second-order valence-electron chi connectivity index (χ2n) is 14.5. The van der Waals surface area contributed by atoms with Gasteiger partial charge in [0.2, 0.25) is 17.1 Å². The Labute approximate surface area is 353 Å². The number of hydrogen-bond donors (Lipinski definition) is 5. The molecule has 11 atom stereocenters. The monoisotopic (exact) mass is 904 g/mol. The number of fused-ring (bicyclic) bond motifs is 6. The molecule has 60 heavy (non-hydrogen) atoms. The average molecular weight is 905 g/mol. The lowest BCUT2D eigenvalue weighted by atomic mass is 10.1. The van der Waals surface area contributed by atoms with Crippen LogP contribution in [0.1, 0.15) is 36.5 Å². The lowest BCUT2D eigenvalue weighted by Gasteiger charge is -2.29. The molecular formula is C34H34ClN10O12PS2. The minimum Gasteiger partial charge on any atom is -0.456 e. The molecule has 0 bridgehead atoms. The van der Waals surface area contributed by atoms with Crippen LogP contribution in [0, 0.1) is 11.8 Å². The number of nitrogens with two attached hydrogens (primary N) is 1. The van der Waals surface area contributed by atoms with Crippen LogP contribution in [-0.2, 0) is 54.1 Å². The third kappa shape index (κ3) is 7.54. The van der Waals surface area contributed by atoms with Gasteiger partial charge in [-0.3, -0.25) is 29.0 Å². The van der Waals surface area contributed by atoms with Crippen molar-refractivity contribution in [3.8, 4) is 0 Å². The van der Waals surface area contributed by atoms with Crippen LogP contribution in [0.5, 0.6) is 0 Å². The number of anilines is 2. The van der Waals surface area contributed by atoms with Crippen LogP contribution in [-0.4, -0.2) is 117 Å². The smallest absolute Gasteiger partial charge is 0.345 e. The number of ether oxygens (including phenoxy) is 5. The van der Waals surface area contributed by atoms with Crippen molar-refractivity contribution in [1.82, 2.24) is 39.0 Å². The van der Waals surface area contributed by atoms with Gasteiger partial charge in [0.1, 0.15) is 29.9 Å². The molecule has 1 saturated carbocycles. The van der Waals surface area contributed by atoms with Gasteiger partial charge in [-0.05, 0) is 35.5 Å². The van der Waals surface area contributed by atoms with E-state index in [-0.39, 0.29) is 33.8 Å². The Morgan fingerprint density at radius 1 is 1.03 bits per heavy atom. The summed E-state index contributed by atoms with van der Waals surface area (Å²) < 4.78 is 45.5. The van der Waals surface area contributed by atoms with Gasteiger partial charge < -0.3 is 43.4 Å². The number of esters is 2. The van der Waals surface area contributed by atoms with Gasteiger partial charge in [-0.2, -0.15) is 15.0 Å². The molecule has 316 valence electrons. The maximum Gasteiger partial charge on any atom is 0.345 e. The van der Waals surface area contributed by atoms with E-state index < -0.39 is 110 Å². The highest BCUT2D eigenvalue weighted by Crippen LogP contribution is 2.58. The SMILES string of the molecule is CC(C)C(=O)Nc1nc2c(ncn2[C@@H]2O[C@@H]3COC(S)C(=O)OC4C5C(O[C@@H]4COP(O)(=S)OC3C2OC(=O)c2ccccc2)[C@H]5n2cnc3c(N)nc(Cl)nc32)c(=O)[nH]1. The Balaban J connectivity index is 1.03. The molecule has 22 nitrogen and oxygen atoms in total. The highest BCUT2D eigenvalue weighted by molar-refractivity contribution is 8.07. The number of nitrogens with one attached hydrogen (secondary N) is 2. The number of amides is 1. The number of aromatic nitrogens is 8. The zero-order valence-electron chi connectivity index (χ0n) is 31.1. The van der Waals surface area contributed by atoms with E-state index in [0.29, 0.717) is 11.2 Å². The molecule has 3 aliphatic heterocycles. The number of H-pyrrole nitrogens is 1. The van der Waals surface area contributed by atoms with E-state index in [1.807, 2.05) is 0 Å². The van der Waals surface area contributed by atoms with Gasteiger partial charge in [0.05, 0.1) is 49.5 Å². The first-order valence-electron chi connectivity index (χ1n) is 18.3. The Hall–Kier alpha value is -4.62. The second-order valence-corrected chi connectivity index (χ2v) is 18.1. The molecule has 9 rings (SSSR count). The Morgan fingerprint density at radius 2 is 1.75 bits per heavy atom. The fourth-order valence-corrected chi connectivity index (χ4v) is 9.20. The van der Waals surface area contributed by atoms with Crippen LogP contribution < -0.4 is 16.6 Å². The molecule has 5 aromatic rings. The molecule has 4 aliphatic rings. The van der Waals surface area contributed by atoms with E-state index in [9.17, 15) is 24.1 Å². The van der Waals surface area contributed by atoms with Gasteiger partial charge in [0.15, 0.2) is 40.4 Å². The number of benzene rings is 1. The van der Waals surface area contributed by atoms with Gasteiger partial charge in [-0.15, -0.1) is 12.6 Å². The summed E-state index contributed by atoms with van der Waals surface area (Å²) in [6.45, 7) is -1.83. The molecule has 1 amide bonds. The third-order valence-electron chi connectivity index (χ3n) is 10.3. The predicted octanol–water partition coefficient (Wildman–Crippen LogP) is 1.67. The van der Waals surface area contributed by atoms with Crippen molar-refractivity contribution in [3.63, 3.8) is 0 Å². The molecule has 0 spiro atoms. The molecule has 1 aliphatic carbocycles. The van der Waals surface area contributed by atoms with E-state index in [1.54, 1.807) is 36.6 Å². The van der Waals surface area contributed by atoms with Crippen LogP contribution in [0.3, 0.4) is 0 Å². The Bertz CT molecular complexity index is 2640. The minimum atomic E-state index is -4.30. The second kappa shape index (κ2) is 15.7. The van der Waals surface area contributed by atoms with Crippen molar-refractivity contribution in [2.24, 2.45) is 11.8 Å². The first-order chi connectivity index (χ1) is 28.7. The average Bonchev–Trinajstić information content (AvgIpc) is 3.61. The topological polar surface area (TPSA) is 281 Å². The molecule has 7 unspecified atom stereocenters. The number of carbonyl (C=O) groups is 3. The molecule has 1 aromatic carbocycles. The van der Waals surface area contributed by atoms with Crippen molar-refractivity contribution in [2.75, 3.05) is 24.3 Å². The zero-order valence-corrected chi connectivity index (χ0v) is 34.5. The Morgan fingerprint density at radius 3 is 2.52 bits per heavy atom. The van der Waals surface area contributed by atoms with Crippen molar-refractivity contribution in [3.05, 3.63) is 64.2 Å². The molecule has 3 saturated heterocycles. The van der Waals surface area contributed by atoms with Crippen LogP contribution in [0.4, 0.5) is 11.8 Å². The largest absolute Gasteiger partial charge is 0.456 e. The summed E-state index contributed by atoms with van der Waals surface area (Å²) in [5.74, 6) is -3.10. The first-order valence-corrected chi connectivity index (χ1v) is 21.8. The summed E-state index contributed by atoms with van der Waals surface area (Å²) >= 11 is 16.0. The highest BCUT2D eigenvalue weighted by atomic mass is 35.5. The van der Waals surface area contributed by atoms with Crippen molar-refractivity contribution in [2.45, 2.75) is 68.2 Å². The maximum atomic E-state index is 13.7. The minimum absolute atomic E-state index is 0.0717. The molecule has 7 heterocycles. The summed E-state index contributed by atoms with van der Waals surface area (Å²) in [5.41, 5.74) is 4.45. The molecule has 4 aromatic heterocycles. The van der Waals surface area contributed by atoms with E-state index in [4.69, 9.17) is 61.9 Å².